The first-order chi connectivity index (χ1) is 10.1. The first kappa shape index (κ1) is 18.6. The number of carbonyl (C=O) groups is 2. The highest BCUT2D eigenvalue weighted by molar-refractivity contribution is 9.10. The number of nitrogens with one attached hydrogen (secondary N) is 1. The van der Waals surface area contributed by atoms with Gasteiger partial charge in [0.15, 0.2) is 9.84 Å². The van der Waals surface area contributed by atoms with Crippen LogP contribution in [0.5, 0.6) is 0 Å². The summed E-state index contributed by atoms with van der Waals surface area (Å²) in [6.07, 6.45) is -0.324. The Hall–Kier alpha value is -1.41. The summed E-state index contributed by atoms with van der Waals surface area (Å²) in [7, 11) is -3.53. The summed E-state index contributed by atoms with van der Waals surface area (Å²) in [5.41, 5.74) is 0.598. The van der Waals surface area contributed by atoms with E-state index < -0.39 is 38.8 Å². The highest BCUT2D eigenvalue weighted by atomic mass is 79.9. The fourth-order valence-corrected chi connectivity index (χ4v) is 2.75. The first-order valence-corrected chi connectivity index (χ1v) is 9.11. The lowest BCUT2D eigenvalue weighted by atomic mass is 10.0. The number of carboxylic acids is 1. The van der Waals surface area contributed by atoms with Gasteiger partial charge in [-0.15, -0.1) is 0 Å². The van der Waals surface area contributed by atoms with Crippen LogP contribution in [0.1, 0.15) is 31.9 Å². The van der Waals surface area contributed by atoms with E-state index in [0.717, 1.165) is 4.47 Å². The van der Waals surface area contributed by atoms with E-state index in [1.165, 1.54) is 13.8 Å². The molecule has 0 spiro atoms. The van der Waals surface area contributed by atoms with Crippen molar-refractivity contribution < 1.29 is 23.1 Å². The third-order valence-electron chi connectivity index (χ3n) is 3.04. The molecule has 1 aromatic rings. The zero-order valence-electron chi connectivity index (χ0n) is 12.2. The van der Waals surface area contributed by atoms with Gasteiger partial charge in [-0.3, -0.25) is 9.59 Å². The van der Waals surface area contributed by atoms with Crippen molar-refractivity contribution in [1.29, 1.82) is 0 Å². The van der Waals surface area contributed by atoms with Crippen molar-refractivity contribution in [3.8, 4) is 0 Å². The predicted octanol–water partition coefficient (Wildman–Crippen LogP) is 1.90. The smallest absolute Gasteiger partial charge is 0.305 e. The standard InChI is InChI=1S/C14H18BrNO5S/c1-9(2)22(20,21)8-13(17)16-12(7-14(18)19)10-3-5-11(15)6-4-10/h3-6,9,12H,7-8H2,1-2H3,(H,16,17)(H,18,19). The van der Waals surface area contributed by atoms with E-state index in [1.807, 2.05) is 0 Å². The fourth-order valence-electron chi connectivity index (χ4n) is 1.71. The molecule has 22 heavy (non-hydrogen) atoms. The van der Waals surface area contributed by atoms with Crippen molar-refractivity contribution in [2.45, 2.75) is 31.6 Å². The second-order valence-electron chi connectivity index (χ2n) is 5.13. The maximum absolute atomic E-state index is 11.9. The van der Waals surface area contributed by atoms with Gasteiger partial charge in [0, 0.05) is 4.47 Å². The molecule has 122 valence electrons. The molecule has 0 aliphatic heterocycles. The minimum atomic E-state index is -3.53. The van der Waals surface area contributed by atoms with Crippen LogP contribution in [0.25, 0.3) is 0 Å². The molecule has 6 nitrogen and oxygen atoms in total. The van der Waals surface area contributed by atoms with E-state index in [9.17, 15) is 18.0 Å². The van der Waals surface area contributed by atoms with E-state index in [4.69, 9.17) is 5.11 Å². The number of carbonyl (C=O) groups excluding carboxylic acids is 1. The van der Waals surface area contributed by atoms with Gasteiger partial charge in [0.05, 0.1) is 17.7 Å². The van der Waals surface area contributed by atoms with Crippen LogP contribution in [0.4, 0.5) is 0 Å². The summed E-state index contributed by atoms with van der Waals surface area (Å²) in [6.45, 7) is 2.98. The molecule has 1 atom stereocenters. The third-order valence-corrected chi connectivity index (χ3v) is 5.67. The largest absolute Gasteiger partial charge is 0.481 e. The molecule has 0 aliphatic rings. The van der Waals surface area contributed by atoms with E-state index in [2.05, 4.69) is 21.2 Å². The average Bonchev–Trinajstić information content (AvgIpc) is 2.37. The summed E-state index contributed by atoms with van der Waals surface area (Å²) in [5.74, 6) is -2.44. The van der Waals surface area contributed by atoms with Crippen LogP contribution in [0.15, 0.2) is 28.7 Å². The van der Waals surface area contributed by atoms with Crippen molar-refractivity contribution in [2.24, 2.45) is 0 Å². The van der Waals surface area contributed by atoms with E-state index in [-0.39, 0.29) is 6.42 Å². The second-order valence-corrected chi connectivity index (χ2v) is 8.60. The molecule has 0 heterocycles. The lowest BCUT2D eigenvalue weighted by Crippen LogP contribution is -2.36. The molecule has 0 saturated heterocycles. The van der Waals surface area contributed by atoms with Crippen LogP contribution < -0.4 is 5.32 Å². The minimum absolute atomic E-state index is 0.324. The second kappa shape index (κ2) is 7.73. The number of halogens is 1. The Morgan fingerprint density at radius 2 is 1.77 bits per heavy atom. The van der Waals surface area contributed by atoms with Crippen LogP contribution in [-0.2, 0) is 19.4 Å². The zero-order valence-corrected chi connectivity index (χ0v) is 14.6. The lowest BCUT2D eigenvalue weighted by molar-refractivity contribution is -0.137. The molecule has 1 amide bonds. The minimum Gasteiger partial charge on any atom is -0.481 e. The number of carboxylic acid groups (broad SMARTS) is 1. The topological polar surface area (TPSA) is 101 Å². The quantitative estimate of drug-likeness (QED) is 0.738. The highest BCUT2D eigenvalue weighted by Crippen LogP contribution is 2.20. The fraction of sp³-hybridized carbons (Fsp3) is 0.429. The predicted molar refractivity (Wildman–Crippen MR) is 86.2 cm³/mol. The molecule has 0 saturated carbocycles. The van der Waals surface area contributed by atoms with Crippen molar-refractivity contribution in [1.82, 2.24) is 5.32 Å². The number of rotatable bonds is 7. The van der Waals surface area contributed by atoms with Crippen LogP contribution >= 0.6 is 15.9 Å². The molecule has 1 aromatic carbocycles. The Bertz CT molecular complexity index is 640. The molecule has 8 heteroatoms. The van der Waals surface area contributed by atoms with Crippen molar-refractivity contribution >= 4 is 37.6 Å². The first-order valence-electron chi connectivity index (χ1n) is 6.60. The van der Waals surface area contributed by atoms with Gasteiger partial charge in [0.2, 0.25) is 5.91 Å². The summed E-state index contributed by atoms with van der Waals surface area (Å²) in [4.78, 5) is 22.8. The van der Waals surface area contributed by atoms with Crippen LogP contribution in [-0.4, -0.2) is 36.4 Å². The Labute approximate surface area is 138 Å². The van der Waals surface area contributed by atoms with Crippen molar-refractivity contribution in [3.63, 3.8) is 0 Å². The van der Waals surface area contributed by atoms with Gasteiger partial charge in [-0.25, -0.2) is 8.42 Å². The third kappa shape index (κ3) is 5.76. The molecular weight excluding hydrogens is 374 g/mol. The molecule has 0 bridgehead atoms. The number of aliphatic carboxylic acids is 1. The van der Waals surface area contributed by atoms with E-state index in [0.29, 0.717) is 5.56 Å². The van der Waals surface area contributed by atoms with Crippen LogP contribution in [0, 0.1) is 0 Å². The molecule has 2 N–H and O–H groups in total. The zero-order chi connectivity index (χ0) is 16.9. The van der Waals surface area contributed by atoms with Crippen molar-refractivity contribution in [2.75, 3.05) is 5.75 Å². The average molecular weight is 392 g/mol. The molecule has 0 fully saturated rings. The monoisotopic (exact) mass is 391 g/mol. The maximum atomic E-state index is 11.9. The normalized spacial score (nSPS) is 12.9. The highest BCUT2D eigenvalue weighted by Gasteiger charge is 2.24. The number of benzene rings is 1. The number of hydrogen-bond donors (Lipinski definition) is 2. The number of amides is 1. The Morgan fingerprint density at radius 1 is 1.23 bits per heavy atom. The number of hydrogen-bond acceptors (Lipinski definition) is 4. The van der Waals surface area contributed by atoms with E-state index in [1.54, 1.807) is 24.3 Å². The van der Waals surface area contributed by atoms with Gasteiger partial charge >= 0.3 is 5.97 Å². The maximum Gasteiger partial charge on any atom is 0.305 e. The van der Waals surface area contributed by atoms with Gasteiger partial charge in [0.25, 0.3) is 0 Å². The molecule has 0 aromatic heterocycles. The molecule has 1 unspecified atom stereocenters. The van der Waals surface area contributed by atoms with Crippen LogP contribution in [0.2, 0.25) is 0 Å². The van der Waals surface area contributed by atoms with Gasteiger partial charge in [-0.2, -0.15) is 0 Å². The Kier molecular flexibility index (Phi) is 6.55. The molecule has 0 radical (unpaired) electrons. The Morgan fingerprint density at radius 3 is 2.23 bits per heavy atom. The molecule has 1 rings (SSSR count). The summed E-state index contributed by atoms with van der Waals surface area (Å²) >= 11 is 3.27. The van der Waals surface area contributed by atoms with Crippen molar-refractivity contribution in [3.05, 3.63) is 34.3 Å². The summed E-state index contributed by atoms with van der Waals surface area (Å²) in [6, 6.07) is 6.02. The lowest BCUT2D eigenvalue weighted by Gasteiger charge is -2.18. The molecule has 0 aliphatic carbocycles. The Balaban J connectivity index is 2.88. The van der Waals surface area contributed by atoms with Gasteiger partial charge in [-0.05, 0) is 31.5 Å². The molecular formula is C14H18BrNO5S. The summed E-state index contributed by atoms with van der Waals surface area (Å²) in [5, 5.41) is 10.8. The van der Waals surface area contributed by atoms with Gasteiger partial charge < -0.3 is 10.4 Å². The van der Waals surface area contributed by atoms with Gasteiger partial charge in [0.1, 0.15) is 5.75 Å². The SMILES string of the molecule is CC(C)S(=O)(=O)CC(=O)NC(CC(=O)O)c1ccc(Br)cc1. The van der Waals surface area contributed by atoms with Gasteiger partial charge in [-0.1, -0.05) is 28.1 Å². The van der Waals surface area contributed by atoms with E-state index >= 15 is 0 Å². The summed E-state index contributed by atoms with van der Waals surface area (Å²) < 4.78 is 24.3. The van der Waals surface area contributed by atoms with Crippen LogP contribution in [0.3, 0.4) is 0 Å². The number of sulfone groups is 1.